The third kappa shape index (κ3) is 4.12. The van der Waals surface area contributed by atoms with Gasteiger partial charge in [-0.1, -0.05) is 59.6 Å². The minimum atomic E-state index is -0.420. The average molecular weight is 488 g/mol. The number of nitrogens with zero attached hydrogens (tertiary/aromatic N) is 1. The molecule has 0 saturated carbocycles. The van der Waals surface area contributed by atoms with Crippen molar-refractivity contribution < 1.29 is 9.59 Å². The molecule has 4 aromatic rings. The number of hydrogen-bond donors (Lipinski definition) is 2. The van der Waals surface area contributed by atoms with Gasteiger partial charge < -0.3 is 10.6 Å². The summed E-state index contributed by atoms with van der Waals surface area (Å²) in [7, 11) is 0. The summed E-state index contributed by atoms with van der Waals surface area (Å²) in [5, 5.41) is 6.73. The number of hydrogen-bond acceptors (Lipinski definition) is 3. The molecule has 0 unspecified atom stereocenters. The summed E-state index contributed by atoms with van der Waals surface area (Å²) in [5.41, 5.74) is 4.73. The zero-order valence-corrected chi connectivity index (χ0v) is 19.4. The summed E-state index contributed by atoms with van der Waals surface area (Å²) in [4.78, 5) is 28.1. The van der Waals surface area contributed by atoms with Gasteiger partial charge in [-0.2, -0.15) is 0 Å². The van der Waals surface area contributed by atoms with Crippen LogP contribution in [0.5, 0.6) is 0 Å². The van der Waals surface area contributed by atoms with Crippen LogP contribution < -0.4 is 15.5 Å². The van der Waals surface area contributed by atoms with E-state index in [-0.39, 0.29) is 21.5 Å². The topological polar surface area (TPSA) is 61.4 Å². The lowest BCUT2D eigenvalue weighted by Gasteiger charge is -2.24. The van der Waals surface area contributed by atoms with E-state index in [4.69, 9.17) is 23.2 Å². The Morgan fingerprint density at radius 1 is 0.765 bits per heavy atom. The Morgan fingerprint density at radius 2 is 1.41 bits per heavy atom. The van der Waals surface area contributed by atoms with Crippen LogP contribution in [0.15, 0.2) is 91.0 Å². The second kappa shape index (κ2) is 9.21. The van der Waals surface area contributed by atoms with Crippen molar-refractivity contribution in [3.8, 4) is 0 Å². The Bertz CT molecular complexity index is 1340. The van der Waals surface area contributed by atoms with Gasteiger partial charge in [-0.15, -0.1) is 0 Å². The van der Waals surface area contributed by atoms with Crippen LogP contribution in [0, 0.1) is 0 Å². The number of para-hydroxylation sites is 3. The van der Waals surface area contributed by atoms with E-state index in [0.29, 0.717) is 17.8 Å². The highest BCUT2D eigenvalue weighted by Crippen LogP contribution is 2.38. The molecule has 0 bridgehead atoms. The second-order valence-corrected chi connectivity index (χ2v) is 8.58. The Morgan fingerprint density at radius 3 is 2.15 bits per heavy atom. The number of carbonyl (C=O) groups excluding carboxylic acids is 2. The van der Waals surface area contributed by atoms with E-state index < -0.39 is 5.91 Å². The fourth-order valence-electron chi connectivity index (χ4n) is 3.97. The molecule has 0 saturated heterocycles. The van der Waals surface area contributed by atoms with Crippen molar-refractivity contribution >= 4 is 57.8 Å². The average Bonchev–Trinajstić information content (AvgIpc) is 3.01. The normalized spacial score (nSPS) is 12.1. The number of rotatable bonds is 3. The third-order valence-electron chi connectivity index (χ3n) is 5.63. The van der Waals surface area contributed by atoms with Crippen LogP contribution in [-0.2, 0) is 6.54 Å². The summed E-state index contributed by atoms with van der Waals surface area (Å²) < 4.78 is 0. The number of fused-ring (bicyclic) bond motifs is 2. The Kier molecular flexibility index (Phi) is 5.97. The van der Waals surface area contributed by atoms with E-state index in [1.807, 2.05) is 48.5 Å². The van der Waals surface area contributed by atoms with Crippen molar-refractivity contribution in [3.05, 3.63) is 118 Å². The molecular formula is C27H19Cl2N3O2. The molecule has 1 aliphatic rings. The molecule has 0 aliphatic carbocycles. The molecule has 1 heterocycles. The molecule has 7 heteroatoms. The maximum atomic E-state index is 13.7. The summed E-state index contributed by atoms with van der Waals surface area (Å²) in [6.07, 6.45) is 0. The van der Waals surface area contributed by atoms with E-state index in [2.05, 4.69) is 10.6 Å². The Hall–Kier alpha value is -3.80. The van der Waals surface area contributed by atoms with Gasteiger partial charge in [0.2, 0.25) is 0 Å². The van der Waals surface area contributed by atoms with Crippen molar-refractivity contribution in [2.75, 3.05) is 15.5 Å². The predicted molar refractivity (Wildman–Crippen MR) is 138 cm³/mol. The SMILES string of the molecule is O=C(Nc1ccc(C(=O)N2c3ccccc3CNc3ccccc32)cc1)c1c(Cl)cccc1Cl. The molecule has 168 valence electrons. The standard InChI is InChI=1S/C27H19Cl2N3O2/c28-20-7-5-8-21(29)25(20)26(33)31-19-14-12-17(13-15-19)27(34)32-23-10-3-1-6-18(23)16-30-22-9-2-4-11-24(22)32/h1-15,30H,16H2,(H,31,33). The van der Waals surface area contributed by atoms with Crippen molar-refractivity contribution in [1.29, 1.82) is 0 Å². The largest absolute Gasteiger partial charge is 0.379 e. The van der Waals surface area contributed by atoms with Gasteiger partial charge in [-0.3, -0.25) is 14.5 Å². The predicted octanol–water partition coefficient (Wildman–Crippen LogP) is 7.15. The molecule has 1 aliphatic heterocycles. The summed E-state index contributed by atoms with van der Waals surface area (Å²) in [5.74, 6) is -0.591. The van der Waals surface area contributed by atoms with Gasteiger partial charge >= 0.3 is 0 Å². The van der Waals surface area contributed by atoms with Gasteiger partial charge in [0.15, 0.2) is 0 Å². The number of benzene rings is 4. The summed E-state index contributed by atoms with van der Waals surface area (Å²) in [6, 6.07) is 27.2. The van der Waals surface area contributed by atoms with Crippen LogP contribution in [0.1, 0.15) is 26.3 Å². The first-order chi connectivity index (χ1) is 16.5. The minimum Gasteiger partial charge on any atom is -0.379 e. The third-order valence-corrected chi connectivity index (χ3v) is 6.26. The molecule has 0 aromatic heterocycles. The number of anilines is 4. The molecule has 34 heavy (non-hydrogen) atoms. The molecule has 0 radical (unpaired) electrons. The Balaban J connectivity index is 1.45. The lowest BCUT2D eigenvalue weighted by Crippen LogP contribution is -2.26. The van der Waals surface area contributed by atoms with Gasteiger partial charge in [0, 0.05) is 17.8 Å². The van der Waals surface area contributed by atoms with E-state index in [1.54, 1.807) is 47.4 Å². The summed E-state index contributed by atoms with van der Waals surface area (Å²) >= 11 is 12.3. The molecule has 2 amide bonds. The van der Waals surface area contributed by atoms with E-state index >= 15 is 0 Å². The molecule has 5 rings (SSSR count). The van der Waals surface area contributed by atoms with Crippen LogP contribution in [0.2, 0.25) is 10.0 Å². The lowest BCUT2D eigenvalue weighted by molar-refractivity contribution is 0.0997. The zero-order chi connectivity index (χ0) is 23.7. The van der Waals surface area contributed by atoms with Crippen LogP contribution in [0.4, 0.5) is 22.7 Å². The number of carbonyl (C=O) groups is 2. The van der Waals surface area contributed by atoms with Crippen LogP contribution in [0.25, 0.3) is 0 Å². The number of nitrogens with one attached hydrogen (secondary N) is 2. The van der Waals surface area contributed by atoms with E-state index in [0.717, 1.165) is 22.6 Å². The van der Waals surface area contributed by atoms with Crippen LogP contribution in [-0.4, -0.2) is 11.8 Å². The second-order valence-electron chi connectivity index (χ2n) is 7.77. The van der Waals surface area contributed by atoms with Crippen LogP contribution >= 0.6 is 23.2 Å². The summed E-state index contributed by atoms with van der Waals surface area (Å²) in [6.45, 7) is 0.618. The van der Waals surface area contributed by atoms with Crippen LogP contribution in [0.3, 0.4) is 0 Å². The molecule has 0 fully saturated rings. The Labute approximate surface area is 206 Å². The van der Waals surface area contributed by atoms with Crippen molar-refractivity contribution in [2.24, 2.45) is 0 Å². The molecule has 0 atom stereocenters. The van der Waals surface area contributed by atoms with Crippen molar-refractivity contribution in [2.45, 2.75) is 6.54 Å². The van der Waals surface area contributed by atoms with Crippen molar-refractivity contribution in [1.82, 2.24) is 0 Å². The van der Waals surface area contributed by atoms with E-state index in [9.17, 15) is 9.59 Å². The fourth-order valence-corrected chi connectivity index (χ4v) is 4.54. The minimum absolute atomic E-state index is 0.171. The maximum Gasteiger partial charge on any atom is 0.262 e. The highest BCUT2D eigenvalue weighted by atomic mass is 35.5. The molecule has 4 aromatic carbocycles. The first-order valence-electron chi connectivity index (χ1n) is 10.6. The van der Waals surface area contributed by atoms with Gasteiger partial charge in [0.1, 0.15) is 0 Å². The highest BCUT2D eigenvalue weighted by molar-refractivity contribution is 6.40. The zero-order valence-electron chi connectivity index (χ0n) is 17.9. The van der Waals surface area contributed by atoms with Gasteiger partial charge in [0.05, 0.1) is 32.7 Å². The monoisotopic (exact) mass is 487 g/mol. The van der Waals surface area contributed by atoms with Crippen molar-refractivity contribution in [3.63, 3.8) is 0 Å². The molecular weight excluding hydrogens is 469 g/mol. The maximum absolute atomic E-state index is 13.7. The first kappa shape index (κ1) is 22.0. The quantitative estimate of drug-likeness (QED) is 0.322. The van der Waals surface area contributed by atoms with Gasteiger partial charge in [-0.05, 0) is 60.2 Å². The number of halogens is 2. The van der Waals surface area contributed by atoms with Gasteiger partial charge in [-0.25, -0.2) is 0 Å². The highest BCUT2D eigenvalue weighted by Gasteiger charge is 2.26. The van der Waals surface area contributed by atoms with Gasteiger partial charge in [0.25, 0.3) is 11.8 Å². The molecule has 2 N–H and O–H groups in total. The first-order valence-corrected chi connectivity index (χ1v) is 11.4. The number of amides is 2. The molecule has 0 spiro atoms. The lowest BCUT2D eigenvalue weighted by atomic mass is 10.1. The smallest absolute Gasteiger partial charge is 0.262 e. The molecule has 5 nitrogen and oxygen atoms in total. The fraction of sp³-hybridized carbons (Fsp3) is 0.0370. The van der Waals surface area contributed by atoms with E-state index in [1.165, 1.54) is 0 Å².